The van der Waals surface area contributed by atoms with Gasteiger partial charge in [-0.3, -0.25) is 9.54 Å². The predicted molar refractivity (Wildman–Crippen MR) is 163 cm³/mol. The quantitative estimate of drug-likeness (QED) is 0.0929. The van der Waals surface area contributed by atoms with Crippen molar-refractivity contribution in [2.45, 2.75) is 9.79 Å². The standard InChI is InChI=1S/C25H18Cl2N8O7S2/c26-12-4-6-16(27)19(10-12)30-24-31-23(32-25(37)33-24)29-17-8-9-20(44(40,41)42)15-5-7-18(22(36)21(15)17)35-34-13-2-1-3-14(11-13)43(28,38)39/h1-11,36H,(H2,28,38,39)(H,40,41,42)(H3,29,30,31,32,33,37). The number of aromatic hydroxyl groups is 1. The molecule has 0 saturated carbocycles. The fourth-order valence-electron chi connectivity index (χ4n) is 3.98. The molecule has 226 valence electrons. The van der Waals surface area contributed by atoms with E-state index >= 15 is 0 Å². The summed E-state index contributed by atoms with van der Waals surface area (Å²) in [6.45, 7) is 0. The number of primary sulfonamides is 1. The van der Waals surface area contributed by atoms with Gasteiger partial charge in [0.15, 0.2) is 5.75 Å². The van der Waals surface area contributed by atoms with Crippen molar-refractivity contribution in [2.24, 2.45) is 15.4 Å². The normalized spacial score (nSPS) is 12.1. The summed E-state index contributed by atoms with van der Waals surface area (Å²) >= 11 is 12.2. The summed E-state index contributed by atoms with van der Waals surface area (Å²) in [7, 11) is -8.78. The Morgan fingerprint density at radius 2 is 1.66 bits per heavy atom. The van der Waals surface area contributed by atoms with Crippen LogP contribution in [0.5, 0.6) is 5.75 Å². The number of hydrogen-bond donors (Lipinski definition) is 6. The zero-order valence-electron chi connectivity index (χ0n) is 21.7. The molecule has 0 amide bonds. The van der Waals surface area contributed by atoms with Crippen LogP contribution in [0, 0.1) is 0 Å². The van der Waals surface area contributed by atoms with Gasteiger partial charge < -0.3 is 15.7 Å². The number of fused-ring (bicyclic) bond motifs is 1. The monoisotopic (exact) mass is 676 g/mol. The Morgan fingerprint density at radius 1 is 0.886 bits per heavy atom. The van der Waals surface area contributed by atoms with Crippen molar-refractivity contribution in [3.05, 3.63) is 87.3 Å². The lowest BCUT2D eigenvalue weighted by Crippen LogP contribution is -2.16. The summed E-state index contributed by atoms with van der Waals surface area (Å²) in [5.74, 6) is -0.951. The maximum atomic E-state index is 12.3. The third kappa shape index (κ3) is 6.77. The van der Waals surface area contributed by atoms with Gasteiger partial charge in [-0.25, -0.2) is 18.4 Å². The van der Waals surface area contributed by atoms with Crippen LogP contribution >= 0.6 is 23.2 Å². The summed E-state index contributed by atoms with van der Waals surface area (Å²) in [6, 6.07) is 14.6. The Bertz CT molecular complexity index is 2260. The lowest BCUT2D eigenvalue weighted by Gasteiger charge is -2.14. The molecule has 4 aromatic carbocycles. The first-order chi connectivity index (χ1) is 20.7. The number of halogens is 2. The molecule has 0 aliphatic heterocycles. The average molecular weight is 678 g/mol. The Balaban J connectivity index is 1.59. The molecule has 0 bridgehead atoms. The Morgan fingerprint density at radius 3 is 2.39 bits per heavy atom. The van der Waals surface area contributed by atoms with Crippen molar-refractivity contribution in [3.63, 3.8) is 0 Å². The van der Waals surface area contributed by atoms with E-state index in [0.717, 1.165) is 12.1 Å². The fraction of sp³-hybridized carbons (Fsp3) is 0. The van der Waals surface area contributed by atoms with Crippen LogP contribution in [0.1, 0.15) is 0 Å². The Labute approximate surface area is 258 Å². The Hall–Kier alpha value is -4.65. The SMILES string of the molecule is NS(=O)(=O)c1cccc(N=Nc2ccc3c(S(=O)(=O)O)ccc(Nc4nc(Nc5cc(Cl)ccc5Cl)[nH]c(=O)n4)c3c2O)c1. The van der Waals surface area contributed by atoms with Crippen LogP contribution in [-0.4, -0.2) is 41.4 Å². The largest absolute Gasteiger partial charge is 0.505 e. The van der Waals surface area contributed by atoms with Gasteiger partial charge in [0.05, 0.1) is 32.4 Å². The molecular weight excluding hydrogens is 659 g/mol. The van der Waals surface area contributed by atoms with Gasteiger partial charge in [0.2, 0.25) is 21.9 Å². The molecular formula is C25H18Cl2N8O7S2. The van der Waals surface area contributed by atoms with Crippen LogP contribution < -0.4 is 21.5 Å². The van der Waals surface area contributed by atoms with Gasteiger partial charge in [-0.2, -0.15) is 23.5 Å². The maximum absolute atomic E-state index is 12.3. The number of H-pyrrole nitrogens is 1. The van der Waals surface area contributed by atoms with E-state index in [2.05, 4.69) is 35.8 Å². The van der Waals surface area contributed by atoms with Crippen LogP contribution in [0.15, 0.2) is 91.5 Å². The first kappa shape index (κ1) is 30.8. The van der Waals surface area contributed by atoms with Gasteiger partial charge in [-0.15, -0.1) is 5.11 Å². The molecule has 5 aromatic rings. The van der Waals surface area contributed by atoms with Crippen molar-refractivity contribution in [3.8, 4) is 5.75 Å². The van der Waals surface area contributed by atoms with Crippen LogP contribution in [0.3, 0.4) is 0 Å². The molecule has 0 fully saturated rings. The molecule has 7 N–H and O–H groups in total. The summed E-state index contributed by atoms with van der Waals surface area (Å²) < 4.78 is 57.3. The number of azo groups is 1. The molecule has 0 spiro atoms. The predicted octanol–water partition coefficient (Wildman–Crippen LogP) is 5.13. The van der Waals surface area contributed by atoms with Crippen molar-refractivity contribution < 1.29 is 26.5 Å². The van der Waals surface area contributed by atoms with E-state index in [9.17, 15) is 31.3 Å². The highest BCUT2D eigenvalue weighted by Crippen LogP contribution is 2.42. The number of aromatic amines is 1. The van der Waals surface area contributed by atoms with Gasteiger partial charge >= 0.3 is 5.69 Å². The zero-order valence-corrected chi connectivity index (χ0v) is 24.9. The van der Waals surface area contributed by atoms with E-state index in [1.807, 2.05) is 0 Å². The first-order valence-corrected chi connectivity index (χ1v) is 15.7. The number of hydrogen-bond acceptors (Lipinski definition) is 12. The summed E-state index contributed by atoms with van der Waals surface area (Å²) in [5.41, 5.74) is -0.584. The van der Waals surface area contributed by atoms with Crippen LogP contribution in [-0.2, 0) is 20.1 Å². The second kappa shape index (κ2) is 11.8. The highest BCUT2D eigenvalue weighted by atomic mass is 35.5. The number of aromatic nitrogens is 3. The molecule has 0 atom stereocenters. The third-order valence-corrected chi connectivity index (χ3v) is 8.26. The lowest BCUT2D eigenvalue weighted by atomic mass is 10.1. The molecule has 5 rings (SSSR count). The fourth-order valence-corrected chi connectivity index (χ4v) is 5.55. The van der Waals surface area contributed by atoms with Gasteiger partial charge in [-0.1, -0.05) is 35.3 Å². The molecule has 15 nitrogen and oxygen atoms in total. The van der Waals surface area contributed by atoms with E-state index < -0.39 is 36.5 Å². The van der Waals surface area contributed by atoms with Crippen molar-refractivity contribution in [2.75, 3.05) is 10.6 Å². The van der Waals surface area contributed by atoms with E-state index in [0.29, 0.717) is 10.7 Å². The molecule has 0 aliphatic carbocycles. The zero-order chi connectivity index (χ0) is 31.8. The third-order valence-electron chi connectivity index (χ3n) is 5.87. The van der Waals surface area contributed by atoms with Gasteiger partial charge in [0.25, 0.3) is 10.1 Å². The molecule has 0 radical (unpaired) electrons. The van der Waals surface area contributed by atoms with Crippen molar-refractivity contribution >= 4 is 88.8 Å². The average Bonchev–Trinajstić information content (AvgIpc) is 2.93. The molecule has 1 heterocycles. The first-order valence-electron chi connectivity index (χ1n) is 12.0. The van der Waals surface area contributed by atoms with Gasteiger partial charge in [0, 0.05) is 10.4 Å². The summed E-state index contributed by atoms with van der Waals surface area (Å²) in [5, 5.41) is 30.2. The van der Waals surface area contributed by atoms with E-state index in [1.165, 1.54) is 48.5 Å². The Kier molecular flexibility index (Phi) is 8.25. The van der Waals surface area contributed by atoms with E-state index in [1.54, 1.807) is 6.07 Å². The van der Waals surface area contributed by atoms with E-state index in [-0.39, 0.29) is 49.6 Å². The minimum atomic E-state index is -4.76. The number of rotatable bonds is 8. The molecule has 0 aliphatic rings. The minimum Gasteiger partial charge on any atom is -0.505 e. The number of nitrogens with two attached hydrogens (primary N) is 1. The number of sulfonamides is 1. The topological polar surface area (TPSA) is 242 Å². The second-order valence-corrected chi connectivity index (χ2v) is 12.7. The number of benzene rings is 4. The summed E-state index contributed by atoms with van der Waals surface area (Å²) in [6.07, 6.45) is 0. The number of anilines is 4. The van der Waals surface area contributed by atoms with E-state index in [4.69, 9.17) is 28.3 Å². The molecule has 0 unspecified atom stereocenters. The van der Waals surface area contributed by atoms with Crippen LogP contribution in [0.4, 0.5) is 34.6 Å². The van der Waals surface area contributed by atoms with Gasteiger partial charge in [-0.05, 0) is 54.6 Å². The number of nitrogens with zero attached hydrogens (tertiary/aromatic N) is 4. The minimum absolute atomic E-state index is 0.00973. The highest BCUT2D eigenvalue weighted by molar-refractivity contribution is 7.89. The van der Waals surface area contributed by atoms with Crippen LogP contribution in [0.2, 0.25) is 10.0 Å². The summed E-state index contributed by atoms with van der Waals surface area (Å²) in [4.78, 5) is 21.9. The second-order valence-electron chi connectivity index (χ2n) is 8.88. The number of phenols is 1. The molecule has 0 saturated heterocycles. The maximum Gasteiger partial charge on any atom is 0.351 e. The van der Waals surface area contributed by atoms with Crippen LogP contribution in [0.25, 0.3) is 10.8 Å². The molecule has 44 heavy (non-hydrogen) atoms. The lowest BCUT2D eigenvalue weighted by molar-refractivity contribution is 0.482. The van der Waals surface area contributed by atoms with Crippen molar-refractivity contribution in [1.82, 2.24) is 15.0 Å². The highest BCUT2D eigenvalue weighted by Gasteiger charge is 2.21. The van der Waals surface area contributed by atoms with Crippen molar-refractivity contribution in [1.29, 1.82) is 0 Å². The smallest absolute Gasteiger partial charge is 0.351 e. The van der Waals surface area contributed by atoms with Gasteiger partial charge in [0.1, 0.15) is 10.6 Å². The number of phenolic OH excluding ortho intramolecular Hbond substituents is 1. The molecule has 19 heteroatoms. The molecule has 1 aromatic heterocycles. The number of nitrogens with one attached hydrogen (secondary N) is 3.